The molecule has 0 aliphatic carbocycles. The summed E-state index contributed by atoms with van der Waals surface area (Å²) in [6, 6.07) is 0.789. The molecule has 0 aromatic carbocycles. The molecule has 0 bridgehead atoms. The number of nitrogens with zero attached hydrogens (tertiary/aromatic N) is 2. The SMILES string of the molecule is O=C(O)CCCN1CCCC(N2CCCC2)CC1. The molecule has 18 heavy (non-hydrogen) atoms. The number of likely N-dealkylation sites (tertiary alicyclic amines) is 2. The van der Waals surface area contributed by atoms with Gasteiger partial charge in [0.2, 0.25) is 0 Å². The molecule has 0 aromatic heterocycles. The van der Waals surface area contributed by atoms with Crippen LogP contribution in [0.4, 0.5) is 0 Å². The van der Waals surface area contributed by atoms with E-state index in [0.717, 1.165) is 32.1 Å². The highest BCUT2D eigenvalue weighted by molar-refractivity contribution is 5.66. The van der Waals surface area contributed by atoms with Gasteiger partial charge in [0.25, 0.3) is 0 Å². The van der Waals surface area contributed by atoms with E-state index >= 15 is 0 Å². The number of hydrogen-bond donors (Lipinski definition) is 1. The smallest absolute Gasteiger partial charge is 0.303 e. The summed E-state index contributed by atoms with van der Waals surface area (Å²) in [5, 5.41) is 8.66. The van der Waals surface area contributed by atoms with Crippen LogP contribution in [0.5, 0.6) is 0 Å². The average Bonchev–Trinajstić information content (AvgIpc) is 2.76. The normalized spacial score (nSPS) is 27.2. The van der Waals surface area contributed by atoms with Gasteiger partial charge in [-0.3, -0.25) is 4.79 Å². The van der Waals surface area contributed by atoms with E-state index < -0.39 is 5.97 Å². The van der Waals surface area contributed by atoms with Gasteiger partial charge in [0, 0.05) is 12.5 Å². The predicted octanol–water partition coefficient (Wildman–Crippen LogP) is 1.80. The van der Waals surface area contributed by atoms with Gasteiger partial charge in [0.05, 0.1) is 0 Å². The van der Waals surface area contributed by atoms with Crippen molar-refractivity contribution in [2.24, 2.45) is 0 Å². The first-order chi connectivity index (χ1) is 8.75. The minimum atomic E-state index is -0.667. The lowest BCUT2D eigenvalue weighted by Crippen LogP contribution is -2.34. The van der Waals surface area contributed by atoms with E-state index in [2.05, 4.69) is 9.80 Å². The Bertz CT molecular complexity index is 265. The Morgan fingerprint density at radius 1 is 1.06 bits per heavy atom. The van der Waals surface area contributed by atoms with Crippen LogP contribution in [0.3, 0.4) is 0 Å². The monoisotopic (exact) mass is 254 g/mol. The summed E-state index contributed by atoms with van der Waals surface area (Å²) >= 11 is 0. The minimum Gasteiger partial charge on any atom is -0.481 e. The summed E-state index contributed by atoms with van der Waals surface area (Å²) in [6.45, 7) is 5.86. The highest BCUT2D eigenvalue weighted by Crippen LogP contribution is 2.21. The third kappa shape index (κ3) is 4.25. The van der Waals surface area contributed by atoms with Crippen molar-refractivity contribution in [3.63, 3.8) is 0 Å². The van der Waals surface area contributed by atoms with Gasteiger partial charge in [0.1, 0.15) is 0 Å². The molecule has 104 valence electrons. The minimum absolute atomic E-state index is 0.312. The number of carboxylic acids is 1. The number of hydrogen-bond acceptors (Lipinski definition) is 3. The van der Waals surface area contributed by atoms with Gasteiger partial charge in [0.15, 0.2) is 0 Å². The molecule has 0 aromatic rings. The zero-order valence-corrected chi connectivity index (χ0v) is 11.3. The number of carboxylic acid groups (broad SMARTS) is 1. The second-order valence-corrected chi connectivity index (χ2v) is 5.67. The summed E-state index contributed by atoms with van der Waals surface area (Å²) in [7, 11) is 0. The quantitative estimate of drug-likeness (QED) is 0.812. The molecule has 1 unspecified atom stereocenters. The van der Waals surface area contributed by atoms with Gasteiger partial charge in [-0.15, -0.1) is 0 Å². The van der Waals surface area contributed by atoms with Crippen molar-refractivity contribution in [1.82, 2.24) is 9.80 Å². The van der Waals surface area contributed by atoms with E-state index in [1.807, 2.05) is 0 Å². The lowest BCUT2D eigenvalue weighted by atomic mass is 10.1. The molecular formula is C14H26N2O2. The van der Waals surface area contributed by atoms with Crippen LogP contribution in [0.2, 0.25) is 0 Å². The second kappa shape index (κ2) is 7.10. The fourth-order valence-corrected chi connectivity index (χ4v) is 3.29. The van der Waals surface area contributed by atoms with Crippen LogP contribution in [0.25, 0.3) is 0 Å². The van der Waals surface area contributed by atoms with Gasteiger partial charge >= 0.3 is 5.97 Å². The van der Waals surface area contributed by atoms with Crippen molar-refractivity contribution in [2.75, 3.05) is 32.7 Å². The molecule has 0 saturated carbocycles. The van der Waals surface area contributed by atoms with E-state index in [1.54, 1.807) is 0 Å². The Morgan fingerprint density at radius 2 is 1.83 bits per heavy atom. The van der Waals surface area contributed by atoms with Crippen LogP contribution in [0.1, 0.15) is 44.9 Å². The molecule has 4 heteroatoms. The van der Waals surface area contributed by atoms with Crippen molar-refractivity contribution in [2.45, 2.75) is 51.0 Å². The first-order valence-electron chi connectivity index (χ1n) is 7.44. The highest BCUT2D eigenvalue weighted by Gasteiger charge is 2.24. The summed E-state index contributed by atoms with van der Waals surface area (Å²) in [5.74, 6) is -0.667. The molecule has 0 radical (unpaired) electrons. The molecule has 1 N–H and O–H groups in total. The van der Waals surface area contributed by atoms with E-state index in [4.69, 9.17) is 5.11 Å². The van der Waals surface area contributed by atoms with E-state index in [-0.39, 0.29) is 0 Å². The third-order valence-corrected chi connectivity index (χ3v) is 4.31. The molecule has 2 saturated heterocycles. The van der Waals surface area contributed by atoms with E-state index in [1.165, 1.54) is 45.2 Å². The maximum Gasteiger partial charge on any atom is 0.303 e. The van der Waals surface area contributed by atoms with Crippen LogP contribution in [-0.4, -0.2) is 59.6 Å². The van der Waals surface area contributed by atoms with Crippen molar-refractivity contribution in [3.8, 4) is 0 Å². The maximum absolute atomic E-state index is 10.5. The first-order valence-corrected chi connectivity index (χ1v) is 7.44. The van der Waals surface area contributed by atoms with E-state index in [9.17, 15) is 4.79 Å². The van der Waals surface area contributed by atoms with Crippen LogP contribution >= 0.6 is 0 Å². The van der Waals surface area contributed by atoms with Crippen LogP contribution in [0.15, 0.2) is 0 Å². The maximum atomic E-state index is 10.5. The largest absolute Gasteiger partial charge is 0.481 e. The molecule has 2 aliphatic heterocycles. The molecule has 2 heterocycles. The van der Waals surface area contributed by atoms with Crippen molar-refractivity contribution in [3.05, 3.63) is 0 Å². The van der Waals surface area contributed by atoms with Gasteiger partial charge in [-0.2, -0.15) is 0 Å². The topological polar surface area (TPSA) is 43.8 Å². The fraction of sp³-hybridized carbons (Fsp3) is 0.929. The molecule has 0 amide bonds. The molecule has 4 nitrogen and oxygen atoms in total. The van der Waals surface area contributed by atoms with Gasteiger partial charge in [-0.05, 0) is 71.2 Å². The zero-order chi connectivity index (χ0) is 12.8. The van der Waals surface area contributed by atoms with E-state index in [0.29, 0.717) is 6.42 Å². The van der Waals surface area contributed by atoms with Gasteiger partial charge < -0.3 is 14.9 Å². The third-order valence-electron chi connectivity index (χ3n) is 4.31. The number of aliphatic carboxylic acids is 1. The summed E-state index contributed by atoms with van der Waals surface area (Å²) in [4.78, 5) is 15.6. The van der Waals surface area contributed by atoms with Crippen LogP contribution in [-0.2, 0) is 4.79 Å². The Balaban J connectivity index is 1.69. The predicted molar refractivity (Wildman–Crippen MR) is 71.8 cm³/mol. The Kier molecular flexibility index (Phi) is 5.45. The summed E-state index contributed by atoms with van der Waals surface area (Å²) in [5.41, 5.74) is 0. The second-order valence-electron chi connectivity index (χ2n) is 5.67. The lowest BCUT2D eigenvalue weighted by Gasteiger charge is -2.26. The molecule has 2 aliphatic rings. The lowest BCUT2D eigenvalue weighted by molar-refractivity contribution is -0.137. The van der Waals surface area contributed by atoms with Crippen LogP contribution in [0, 0.1) is 0 Å². The Hall–Kier alpha value is -0.610. The fourth-order valence-electron chi connectivity index (χ4n) is 3.29. The summed E-state index contributed by atoms with van der Waals surface area (Å²) in [6.07, 6.45) is 7.73. The molecular weight excluding hydrogens is 228 g/mol. The zero-order valence-electron chi connectivity index (χ0n) is 11.3. The number of carbonyl (C=O) groups is 1. The first kappa shape index (κ1) is 13.8. The summed E-state index contributed by atoms with van der Waals surface area (Å²) < 4.78 is 0. The molecule has 1 atom stereocenters. The Labute approximate surface area is 110 Å². The van der Waals surface area contributed by atoms with Gasteiger partial charge in [-0.1, -0.05) is 0 Å². The van der Waals surface area contributed by atoms with Crippen molar-refractivity contribution < 1.29 is 9.90 Å². The average molecular weight is 254 g/mol. The van der Waals surface area contributed by atoms with Gasteiger partial charge in [-0.25, -0.2) is 0 Å². The number of rotatable bonds is 5. The van der Waals surface area contributed by atoms with Crippen molar-refractivity contribution in [1.29, 1.82) is 0 Å². The van der Waals surface area contributed by atoms with Crippen molar-refractivity contribution >= 4 is 5.97 Å². The van der Waals surface area contributed by atoms with Crippen LogP contribution < -0.4 is 0 Å². The highest BCUT2D eigenvalue weighted by atomic mass is 16.4. The Morgan fingerprint density at radius 3 is 2.56 bits per heavy atom. The standard InChI is InChI=1S/C14H26N2O2/c17-14(18)6-4-9-15-8-3-5-13(7-12-15)16-10-1-2-11-16/h13H,1-12H2,(H,17,18). The molecule has 2 rings (SSSR count). The molecule has 2 fully saturated rings. The molecule has 0 spiro atoms.